The molecular formula is C13H14F3N3O2. The molecule has 2 aromatic rings. The predicted molar refractivity (Wildman–Crippen MR) is 68.8 cm³/mol. The zero-order valence-corrected chi connectivity index (χ0v) is 11.5. The summed E-state index contributed by atoms with van der Waals surface area (Å²) in [5.74, 6) is 0.0698. The molecule has 0 amide bonds. The summed E-state index contributed by atoms with van der Waals surface area (Å²) in [6.45, 7) is 3.27. The Balaban J connectivity index is 2.05. The number of nitrogens with zero attached hydrogens (tertiary/aromatic N) is 2. The SMILES string of the molecule is Cc1noc2nc(NC3(C)CC(O)C3)cc(C(F)(F)F)c12. The van der Waals surface area contributed by atoms with Crippen LogP contribution in [0.2, 0.25) is 0 Å². The molecule has 0 unspecified atom stereocenters. The average molecular weight is 301 g/mol. The Kier molecular flexibility index (Phi) is 2.91. The molecule has 114 valence electrons. The van der Waals surface area contributed by atoms with Gasteiger partial charge in [0, 0.05) is 5.54 Å². The van der Waals surface area contributed by atoms with Gasteiger partial charge in [-0.2, -0.15) is 18.2 Å². The second-order valence-electron chi connectivity index (χ2n) is 5.75. The van der Waals surface area contributed by atoms with Gasteiger partial charge >= 0.3 is 6.18 Å². The van der Waals surface area contributed by atoms with Crippen LogP contribution in [0.15, 0.2) is 10.6 Å². The number of alkyl halides is 3. The van der Waals surface area contributed by atoms with Crippen molar-refractivity contribution in [3.8, 4) is 0 Å². The lowest BCUT2D eigenvalue weighted by Gasteiger charge is -2.43. The molecule has 0 aliphatic heterocycles. The lowest BCUT2D eigenvalue weighted by atomic mass is 9.76. The zero-order chi connectivity index (χ0) is 15.4. The Morgan fingerprint density at radius 3 is 2.67 bits per heavy atom. The molecule has 5 nitrogen and oxygen atoms in total. The molecule has 8 heteroatoms. The number of anilines is 1. The van der Waals surface area contributed by atoms with E-state index in [9.17, 15) is 18.3 Å². The number of aliphatic hydroxyl groups excluding tert-OH is 1. The molecule has 0 aromatic carbocycles. The fraction of sp³-hybridized carbons (Fsp3) is 0.538. The second kappa shape index (κ2) is 4.33. The van der Waals surface area contributed by atoms with E-state index in [4.69, 9.17) is 4.52 Å². The maximum absolute atomic E-state index is 13.2. The first-order valence-electron chi connectivity index (χ1n) is 6.48. The minimum absolute atomic E-state index is 0.0698. The zero-order valence-electron chi connectivity index (χ0n) is 11.5. The lowest BCUT2D eigenvalue weighted by Crippen LogP contribution is -2.50. The summed E-state index contributed by atoms with van der Waals surface area (Å²) >= 11 is 0. The van der Waals surface area contributed by atoms with Crippen LogP contribution in [-0.2, 0) is 6.18 Å². The number of aliphatic hydroxyl groups is 1. The standard InChI is InChI=1S/C13H14F3N3O2/c1-6-10-8(13(14,15)16)3-9(17-11(10)21-19-6)18-12(2)4-7(20)5-12/h3,7,20H,4-5H2,1-2H3,(H,17,18). The molecule has 2 heterocycles. The number of fused-ring (bicyclic) bond motifs is 1. The minimum Gasteiger partial charge on any atom is -0.393 e. The molecule has 1 fully saturated rings. The van der Waals surface area contributed by atoms with E-state index in [0.717, 1.165) is 6.07 Å². The third-order valence-corrected chi connectivity index (χ3v) is 3.72. The first kappa shape index (κ1) is 14.1. The van der Waals surface area contributed by atoms with E-state index in [1.165, 1.54) is 6.92 Å². The highest BCUT2D eigenvalue weighted by molar-refractivity contribution is 5.82. The van der Waals surface area contributed by atoms with Crippen LogP contribution in [0.4, 0.5) is 19.0 Å². The summed E-state index contributed by atoms with van der Waals surface area (Å²) in [4.78, 5) is 4.04. The van der Waals surface area contributed by atoms with Crippen LogP contribution in [0.25, 0.3) is 11.1 Å². The first-order valence-corrected chi connectivity index (χ1v) is 6.48. The van der Waals surface area contributed by atoms with Crippen molar-refractivity contribution in [1.29, 1.82) is 0 Å². The Labute approximate surface area is 118 Å². The quantitative estimate of drug-likeness (QED) is 0.892. The van der Waals surface area contributed by atoms with Gasteiger partial charge in [-0.15, -0.1) is 0 Å². The molecule has 0 saturated heterocycles. The van der Waals surface area contributed by atoms with Crippen molar-refractivity contribution in [3.05, 3.63) is 17.3 Å². The van der Waals surface area contributed by atoms with E-state index in [1.807, 2.05) is 6.92 Å². The number of rotatable bonds is 2. The molecule has 0 radical (unpaired) electrons. The van der Waals surface area contributed by atoms with Crippen LogP contribution < -0.4 is 5.32 Å². The fourth-order valence-corrected chi connectivity index (χ4v) is 2.77. The molecule has 0 bridgehead atoms. The molecule has 2 N–H and O–H groups in total. The molecule has 1 aliphatic carbocycles. The van der Waals surface area contributed by atoms with E-state index in [1.54, 1.807) is 0 Å². The highest BCUT2D eigenvalue weighted by Crippen LogP contribution is 2.39. The van der Waals surface area contributed by atoms with Gasteiger partial charge in [0.15, 0.2) is 0 Å². The van der Waals surface area contributed by atoms with Gasteiger partial charge in [-0.25, -0.2) is 0 Å². The van der Waals surface area contributed by atoms with E-state index in [0.29, 0.717) is 12.8 Å². The van der Waals surface area contributed by atoms with Gasteiger partial charge in [0.1, 0.15) is 5.82 Å². The summed E-state index contributed by atoms with van der Waals surface area (Å²) < 4.78 is 44.4. The van der Waals surface area contributed by atoms with Crippen LogP contribution in [0.3, 0.4) is 0 Å². The van der Waals surface area contributed by atoms with Crippen LogP contribution in [0.1, 0.15) is 31.0 Å². The van der Waals surface area contributed by atoms with Gasteiger partial charge in [-0.1, -0.05) is 5.16 Å². The number of pyridine rings is 1. The van der Waals surface area contributed by atoms with Crippen molar-refractivity contribution in [3.63, 3.8) is 0 Å². The van der Waals surface area contributed by atoms with Gasteiger partial charge in [-0.05, 0) is 32.8 Å². The Bertz CT molecular complexity index is 690. The fourth-order valence-electron chi connectivity index (χ4n) is 2.77. The van der Waals surface area contributed by atoms with Crippen molar-refractivity contribution in [2.45, 2.75) is 44.5 Å². The molecule has 21 heavy (non-hydrogen) atoms. The van der Waals surface area contributed by atoms with Gasteiger partial charge in [-0.3, -0.25) is 0 Å². The molecule has 2 aromatic heterocycles. The first-order chi connectivity index (χ1) is 9.68. The number of aryl methyl sites for hydroxylation is 1. The van der Waals surface area contributed by atoms with Crippen molar-refractivity contribution in [2.24, 2.45) is 0 Å². The Morgan fingerprint density at radius 1 is 1.43 bits per heavy atom. The summed E-state index contributed by atoms with van der Waals surface area (Å²) in [7, 11) is 0. The Morgan fingerprint density at radius 2 is 2.10 bits per heavy atom. The van der Waals surface area contributed by atoms with E-state index >= 15 is 0 Å². The van der Waals surface area contributed by atoms with Crippen molar-refractivity contribution >= 4 is 16.9 Å². The summed E-state index contributed by atoms with van der Waals surface area (Å²) in [6.07, 6.45) is -4.03. The third kappa shape index (κ3) is 2.44. The van der Waals surface area contributed by atoms with Crippen LogP contribution in [-0.4, -0.2) is 26.9 Å². The number of hydrogen-bond donors (Lipinski definition) is 2. The lowest BCUT2D eigenvalue weighted by molar-refractivity contribution is -0.136. The van der Waals surface area contributed by atoms with E-state index < -0.39 is 23.4 Å². The summed E-state index contributed by atoms with van der Waals surface area (Å²) in [6, 6.07) is 0.961. The highest BCUT2D eigenvalue weighted by atomic mass is 19.4. The highest BCUT2D eigenvalue weighted by Gasteiger charge is 2.41. The van der Waals surface area contributed by atoms with Gasteiger partial charge in [0.2, 0.25) is 0 Å². The summed E-state index contributed by atoms with van der Waals surface area (Å²) in [5.41, 5.74) is -1.27. The molecular weight excluding hydrogens is 287 g/mol. The molecule has 0 atom stereocenters. The van der Waals surface area contributed by atoms with Crippen LogP contribution in [0, 0.1) is 6.92 Å². The van der Waals surface area contributed by atoms with Gasteiger partial charge < -0.3 is 14.9 Å². The van der Waals surface area contributed by atoms with Gasteiger partial charge in [0.05, 0.1) is 22.7 Å². The second-order valence-corrected chi connectivity index (χ2v) is 5.75. The van der Waals surface area contributed by atoms with Crippen molar-refractivity contribution in [2.75, 3.05) is 5.32 Å². The topological polar surface area (TPSA) is 71.2 Å². The van der Waals surface area contributed by atoms with E-state index in [-0.39, 0.29) is 22.6 Å². The molecule has 1 saturated carbocycles. The van der Waals surface area contributed by atoms with Crippen LogP contribution in [0.5, 0.6) is 0 Å². The Hall–Kier alpha value is -1.83. The smallest absolute Gasteiger partial charge is 0.393 e. The predicted octanol–water partition coefficient (Wildman–Crippen LogP) is 2.88. The van der Waals surface area contributed by atoms with E-state index in [2.05, 4.69) is 15.5 Å². The average Bonchev–Trinajstić information content (AvgIpc) is 2.67. The van der Waals surface area contributed by atoms with Crippen LogP contribution >= 0.6 is 0 Å². The monoisotopic (exact) mass is 301 g/mol. The third-order valence-electron chi connectivity index (χ3n) is 3.72. The van der Waals surface area contributed by atoms with Gasteiger partial charge in [0.25, 0.3) is 5.71 Å². The molecule has 1 aliphatic rings. The number of hydrogen-bond acceptors (Lipinski definition) is 5. The molecule has 3 rings (SSSR count). The van der Waals surface area contributed by atoms with Crippen molar-refractivity contribution in [1.82, 2.24) is 10.1 Å². The minimum atomic E-state index is -4.52. The largest absolute Gasteiger partial charge is 0.417 e. The molecule has 0 spiro atoms. The normalized spacial score (nSPS) is 25.9. The number of aromatic nitrogens is 2. The number of halogens is 3. The maximum atomic E-state index is 13.2. The summed E-state index contributed by atoms with van der Waals surface area (Å²) in [5, 5.41) is 15.7. The van der Waals surface area contributed by atoms with Crippen molar-refractivity contribution < 1.29 is 22.8 Å². The maximum Gasteiger partial charge on any atom is 0.417 e. The number of nitrogens with one attached hydrogen (secondary N) is 1.